The van der Waals surface area contributed by atoms with Crippen molar-refractivity contribution in [2.75, 3.05) is 5.73 Å². The average molecular weight is 220 g/mol. The molecule has 0 aliphatic rings. The van der Waals surface area contributed by atoms with E-state index in [-0.39, 0.29) is 11.3 Å². The Labute approximate surface area is 90.5 Å². The van der Waals surface area contributed by atoms with Gasteiger partial charge in [-0.1, -0.05) is 0 Å². The Morgan fingerprint density at radius 1 is 1.50 bits per heavy atom. The number of nitrogen functional groups attached to an aromatic ring is 1. The smallest absolute Gasteiger partial charge is 0.339 e. The normalized spacial score (nSPS) is 10.6. The third kappa shape index (κ3) is 1.46. The summed E-state index contributed by atoms with van der Waals surface area (Å²) in [5.74, 6) is -1.63. The van der Waals surface area contributed by atoms with Gasteiger partial charge in [-0.15, -0.1) is 0 Å². The summed E-state index contributed by atoms with van der Waals surface area (Å²) in [5, 5.41) is 9.18. The van der Waals surface area contributed by atoms with E-state index in [4.69, 9.17) is 10.8 Å². The van der Waals surface area contributed by atoms with Crippen LogP contribution in [0, 0.1) is 12.7 Å². The molecule has 0 bridgehead atoms. The number of carboxylic acids is 1. The van der Waals surface area contributed by atoms with Gasteiger partial charge < -0.3 is 10.8 Å². The van der Waals surface area contributed by atoms with E-state index < -0.39 is 11.8 Å². The third-order valence-corrected chi connectivity index (χ3v) is 2.40. The molecule has 3 N–H and O–H groups in total. The van der Waals surface area contributed by atoms with Crippen molar-refractivity contribution in [2.45, 2.75) is 6.92 Å². The zero-order valence-corrected chi connectivity index (χ0v) is 8.49. The number of benzene rings is 1. The maximum absolute atomic E-state index is 13.2. The van der Waals surface area contributed by atoms with Crippen LogP contribution in [0.25, 0.3) is 10.9 Å². The van der Waals surface area contributed by atoms with Gasteiger partial charge in [-0.2, -0.15) is 0 Å². The maximum Gasteiger partial charge on any atom is 0.339 e. The van der Waals surface area contributed by atoms with E-state index in [2.05, 4.69) is 4.98 Å². The van der Waals surface area contributed by atoms with Crippen LogP contribution in [0.2, 0.25) is 0 Å². The second-order valence-electron chi connectivity index (χ2n) is 3.51. The Morgan fingerprint density at radius 3 is 2.81 bits per heavy atom. The molecule has 0 aliphatic carbocycles. The number of rotatable bonds is 1. The summed E-state index contributed by atoms with van der Waals surface area (Å²) in [6.07, 6.45) is 1.19. The van der Waals surface area contributed by atoms with Crippen molar-refractivity contribution in [3.8, 4) is 0 Å². The molecular formula is C11H9FN2O2. The summed E-state index contributed by atoms with van der Waals surface area (Å²) in [7, 11) is 0. The van der Waals surface area contributed by atoms with Gasteiger partial charge in [0.1, 0.15) is 11.4 Å². The number of carbonyl (C=O) groups is 1. The number of aromatic carboxylic acids is 1. The van der Waals surface area contributed by atoms with Crippen LogP contribution >= 0.6 is 0 Å². The van der Waals surface area contributed by atoms with Crippen LogP contribution in [0.1, 0.15) is 15.9 Å². The molecule has 0 fully saturated rings. The predicted octanol–water partition coefficient (Wildman–Crippen LogP) is 1.96. The van der Waals surface area contributed by atoms with E-state index in [1.165, 1.54) is 18.3 Å². The zero-order valence-electron chi connectivity index (χ0n) is 8.49. The molecule has 1 heterocycles. The van der Waals surface area contributed by atoms with Gasteiger partial charge in [0.15, 0.2) is 0 Å². The van der Waals surface area contributed by atoms with Crippen LogP contribution < -0.4 is 5.73 Å². The molecule has 5 heteroatoms. The number of anilines is 1. The molecule has 1 aromatic heterocycles. The standard InChI is InChI=1S/C11H9FN2O2/c1-5-2-6(12)3-7-9(13)8(11(15)16)4-14-10(5)7/h2-4H,1H3,(H2,13,14)(H,15,16). The van der Waals surface area contributed by atoms with Crippen LogP contribution in [-0.2, 0) is 0 Å². The van der Waals surface area contributed by atoms with E-state index in [0.717, 1.165) is 0 Å². The second kappa shape index (κ2) is 3.44. The van der Waals surface area contributed by atoms with Gasteiger partial charge >= 0.3 is 5.97 Å². The number of fused-ring (bicyclic) bond motifs is 1. The van der Waals surface area contributed by atoms with Gasteiger partial charge in [-0.25, -0.2) is 9.18 Å². The monoisotopic (exact) mass is 220 g/mol. The highest BCUT2D eigenvalue weighted by atomic mass is 19.1. The Bertz CT molecular complexity index is 596. The summed E-state index contributed by atoms with van der Waals surface area (Å²) < 4.78 is 13.2. The molecule has 2 rings (SSSR count). The van der Waals surface area contributed by atoms with Crippen molar-refractivity contribution in [3.05, 3.63) is 35.3 Å². The molecule has 0 radical (unpaired) electrons. The number of aromatic nitrogens is 1. The van der Waals surface area contributed by atoms with Crippen molar-refractivity contribution < 1.29 is 14.3 Å². The van der Waals surface area contributed by atoms with Crippen LogP contribution in [0.5, 0.6) is 0 Å². The van der Waals surface area contributed by atoms with Crippen molar-refractivity contribution in [1.29, 1.82) is 0 Å². The fourth-order valence-electron chi connectivity index (χ4n) is 1.63. The largest absolute Gasteiger partial charge is 0.478 e. The van der Waals surface area contributed by atoms with E-state index >= 15 is 0 Å². The quantitative estimate of drug-likeness (QED) is 0.770. The Balaban J connectivity index is 2.89. The lowest BCUT2D eigenvalue weighted by Gasteiger charge is -2.07. The first kappa shape index (κ1) is 10.4. The molecule has 0 saturated heterocycles. The van der Waals surface area contributed by atoms with Crippen molar-refractivity contribution in [2.24, 2.45) is 0 Å². The molecule has 1 aromatic carbocycles. The number of hydrogen-bond donors (Lipinski definition) is 2. The predicted molar refractivity (Wildman–Crippen MR) is 57.8 cm³/mol. The molecule has 0 aliphatic heterocycles. The van der Waals surface area contributed by atoms with E-state index in [1.807, 2.05) is 0 Å². The maximum atomic E-state index is 13.2. The number of halogens is 1. The first-order valence-corrected chi connectivity index (χ1v) is 4.58. The first-order chi connectivity index (χ1) is 7.50. The molecule has 2 aromatic rings. The van der Waals surface area contributed by atoms with Crippen LogP contribution in [0.4, 0.5) is 10.1 Å². The van der Waals surface area contributed by atoms with Gasteiger partial charge in [0.2, 0.25) is 0 Å². The topological polar surface area (TPSA) is 76.2 Å². The van der Waals surface area contributed by atoms with Gasteiger partial charge in [-0.05, 0) is 24.6 Å². The van der Waals surface area contributed by atoms with Crippen LogP contribution in [0.3, 0.4) is 0 Å². The number of aryl methyl sites for hydroxylation is 1. The Hall–Kier alpha value is -2.17. The lowest BCUT2D eigenvalue weighted by molar-refractivity contribution is 0.0698. The Kier molecular flexibility index (Phi) is 2.23. The molecule has 82 valence electrons. The zero-order chi connectivity index (χ0) is 11.9. The molecule has 16 heavy (non-hydrogen) atoms. The summed E-state index contributed by atoms with van der Waals surface area (Å²) in [5.41, 5.74) is 6.74. The van der Waals surface area contributed by atoms with Crippen molar-refractivity contribution in [3.63, 3.8) is 0 Å². The van der Waals surface area contributed by atoms with Gasteiger partial charge in [-0.3, -0.25) is 4.98 Å². The van der Waals surface area contributed by atoms with Crippen LogP contribution in [-0.4, -0.2) is 16.1 Å². The number of carboxylic acid groups (broad SMARTS) is 1. The molecule has 0 amide bonds. The second-order valence-corrected chi connectivity index (χ2v) is 3.51. The summed E-state index contributed by atoms with van der Waals surface area (Å²) >= 11 is 0. The Morgan fingerprint density at radius 2 is 2.19 bits per heavy atom. The van der Waals surface area contributed by atoms with Gasteiger partial charge in [0.25, 0.3) is 0 Å². The lowest BCUT2D eigenvalue weighted by atomic mass is 10.1. The molecule has 0 atom stereocenters. The molecule has 4 nitrogen and oxygen atoms in total. The molecule has 0 spiro atoms. The number of nitrogens with two attached hydrogens (primary N) is 1. The number of nitrogens with zero attached hydrogens (tertiary/aromatic N) is 1. The van der Waals surface area contributed by atoms with E-state index in [1.54, 1.807) is 6.92 Å². The third-order valence-electron chi connectivity index (χ3n) is 2.40. The highest BCUT2D eigenvalue weighted by Gasteiger charge is 2.13. The highest BCUT2D eigenvalue weighted by Crippen LogP contribution is 2.26. The fraction of sp³-hybridized carbons (Fsp3) is 0.0909. The van der Waals surface area contributed by atoms with Crippen molar-refractivity contribution >= 4 is 22.6 Å². The summed E-state index contributed by atoms with van der Waals surface area (Å²) in [6, 6.07) is 2.52. The van der Waals surface area contributed by atoms with Crippen LogP contribution in [0.15, 0.2) is 18.3 Å². The first-order valence-electron chi connectivity index (χ1n) is 4.58. The highest BCUT2D eigenvalue weighted by molar-refractivity contribution is 6.03. The summed E-state index contributed by atoms with van der Waals surface area (Å²) in [4.78, 5) is 14.8. The SMILES string of the molecule is Cc1cc(F)cc2c(N)c(C(=O)O)cnc12. The average Bonchev–Trinajstić information content (AvgIpc) is 2.19. The number of hydrogen-bond acceptors (Lipinski definition) is 3. The molecular weight excluding hydrogens is 211 g/mol. The molecule has 0 unspecified atom stereocenters. The van der Waals surface area contributed by atoms with E-state index in [9.17, 15) is 9.18 Å². The number of pyridine rings is 1. The minimum atomic E-state index is -1.17. The van der Waals surface area contributed by atoms with Crippen molar-refractivity contribution in [1.82, 2.24) is 4.98 Å². The fourth-order valence-corrected chi connectivity index (χ4v) is 1.63. The molecule has 0 saturated carbocycles. The lowest BCUT2D eigenvalue weighted by Crippen LogP contribution is -2.04. The van der Waals surface area contributed by atoms with Gasteiger partial charge in [0, 0.05) is 11.6 Å². The van der Waals surface area contributed by atoms with Gasteiger partial charge in [0.05, 0.1) is 11.2 Å². The summed E-state index contributed by atoms with van der Waals surface area (Å²) in [6.45, 7) is 1.69. The minimum Gasteiger partial charge on any atom is -0.478 e. The van der Waals surface area contributed by atoms with E-state index in [0.29, 0.717) is 16.5 Å². The minimum absolute atomic E-state index is 0.0418.